The fraction of sp³-hybridized carbons (Fsp3) is 0.889. The zero-order valence-corrected chi connectivity index (χ0v) is 7.55. The second-order valence-corrected chi connectivity index (χ2v) is 3.80. The van der Waals surface area contributed by atoms with E-state index in [-0.39, 0.29) is 11.8 Å². The molecule has 1 rings (SSSR count). The van der Waals surface area contributed by atoms with Gasteiger partial charge in [0.25, 0.3) is 0 Å². The maximum atomic E-state index is 11.5. The third kappa shape index (κ3) is 1.80. The van der Waals surface area contributed by atoms with Gasteiger partial charge in [-0.25, -0.2) is 0 Å². The van der Waals surface area contributed by atoms with E-state index in [9.17, 15) is 4.79 Å². The van der Waals surface area contributed by atoms with E-state index in [1.54, 1.807) is 0 Å². The number of ketones is 1. The highest BCUT2D eigenvalue weighted by molar-refractivity contribution is 5.83. The Balaban J connectivity index is 2.53. The van der Waals surface area contributed by atoms with Crippen molar-refractivity contribution in [3.05, 3.63) is 0 Å². The lowest BCUT2D eigenvalue weighted by Gasteiger charge is -2.14. The van der Waals surface area contributed by atoms with E-state index < -0.39 is 0 Å². The van der Waals surface area contributed by atoms with E-state index in [0.29, 0.717) is 11.7 Å². The Hall–Kier alpha value is -0.370. The average molecular weight is 155 g/mol. The van der Waals surface area contributed by atoms with Gasteiger partial charge in [0.05, 0.1) is 0 Å². The molecule has 1 N–H and O–H groups in total. The second kappa shape index (κ2) is 3.35. The molecule has 1 fully saturated rings. The van der Waals surface area contributed by atoms with Gasteiger partial charge in [-0.1, -0.05) is 20.8 Å². The van der Waals surface area contributed by atoms with Crippen molar-refractivity contribution in [1.29, 1.82) is 0 Å². The molecule has 0 aromatic carbocycles. The first-order valence-electron chi connectivity index (χ1n) is 4.37. The van der Waals surface area contributed by atoms with Gasteiger partial charge in [0.2, 0.25) is 0 Å². The molecule has 0 aromatic heterocycles. The monoisotopic (exact) mass is 155 g/mol. The molecule has 2 atom stereocenters. The number of nitrogens with one attached hydrogen (secondary N) is 1. The first kappa shape index (κ1) is 8.72. The van der Waals surface area contributed by atoms with E-state index in [2.05, 4.69) is 12.2 Å². The quantitative estimate of drug-likeness (QED) is 0.646. The lowest BCUT2D eigenvalue weighted by molar-refractivity contribution is -0.126. The molecule has 1 saturated heterocycles. The molecule has 0 spiro atoms. The lowest BCUT2D eigenvalue weighted by atomic mass is 9.88. The molecular formula is C9H17NO. The molecule has 1 aliphatic heterocycles. The molecule has 2 nitrogen and oxygen atoms in total. The molecule has 1 aliphatic rings. The molecule has 0 radical (unpaired) electrons. The summed E-state index contributed by atoms with van der Waals surface area (Å²) in [5, 5.41) is 3.24. The molecule has 0 bridgehead atoms. The first-order valence-corrected chi connectivity index (χ1v) is 4.37. The van der Waals surface area contributed by atoms with E-state index in [1.165, 1.54) is 0 Å². The minimum atomic E-state index is 0.197. The lowest BCUT2D eigenvalue weighted by Crippen LogP contribution is -2.25. The van der Waals surface area contributed by atoms with Gasteiger partial charge in [-0.15, -0.1) is 0 Å². The highest BCUT2D eigenvalue weighted by Crippen LogP contribution is 2.19. The molecule has 0 saturated carbocycles. The first-order chi connectivity index (χ1) is 5.13. The number of hydrogen-bond donors (Lipinski definition) is 1. The summed E-state index contributed by atoms with van der Waals surface area (Å²) in [6.45, 7) is 7.99. The minimum absolute atomic E-state index is 0.197. The predicted molar refractivity (Wildman–Crippen MR) is 45.4 cm³/mol. The predicted octanol–water partition coefficient (Wildman–Crippen LogP) is 1.07. The van der Waals surface area contributed by atoms with Crippen molar-refractivity contribution >= 4 is 5.78 Å². The van der Waals surface area contributed by atoms with Crippen LogP contribution < -0.4 is 5.32 Å². The molecule has 64 valence electrons. The van der Waals surface area contributed by atoms with Crippen molar-refractivity contribution in [2.24, 2.45) is 17.8 Å². The summed E-state index contributed by atoms with van der Waals surface area (Å²) < 4.78 is 0. The molecule has 2 unspecified atom stereocenters. The van der Waals surface area contributed by atoms with Crippen LogP contribution in [0, 0.1) is 17.8 Å². The molecule has 11 heavy (non-hydrogen) atoms. The van der Waals surface area contributed by atoms with Gasteiger partial charge in [-0.2, -0.15) is 0 Å². The molecule has 0 aliphatic carbocycles. The van der Waals surface area contributed by atoms with Crippen molar-refractivity contribution in [2.75, 3.05) is 13.1 Å². The van der Waals surface area contributed by atoms with Crippen molar-refractivity contribution < 1.29 is 4.79 Å². The van der Waals surface area contributed by atoms with Crippen LogP contribution in [0.1, 0.15) is 20.8 Å². The van der Waals surface area contributed by atoms with Gasteiger partial charge in [0.1, 0.15) is 5.78 Å². The van der Waals surface area contributed by atoms with Crippen LogP contribution in [-0.4, -0.2) is 18.9 Å². The SMILES string of the molecule is CC(C)C(=O)C1CNCC1C. The van der Waals surface area contributed by atoms with Crippen LogP contribution in [-0.2, 0) is 4.79 Å². The third-order valence-corrected chi connectivity index (χ3v) is 2.45. The number of hydrogen-bond acceptors (Lipinski definition) is 2. The maximum Gasteiger partial charge on any atom is 0.140 e. The normalized spacial score (nSPS) is 31.3. The zero-order chi connectivity index (χ0) is 8.43. The number of Topliss-reactive ketones (excluding diaryl/α,β-unsaturated/α-hetero) is 1. The minimum Gasteiger partial charge on any atom is -0.316 e. The highest BCUT2D eigenvalue weighted by atomic mass is 16.1. The summed E-state index contributed by atoms with van der Waals surface area (Å²) in [6.07, 6.45) is 0. The van der Waals surface area contributed by atoms with Crippen molar-refractivity contribution in [3.63, 3.8) is 0 Å². The fourth-order valence-corrected chi connectivity index (χ4v) is 1.62. The summed E-state index contributed by atoms with van der Waals surface area (Å²) in [4.78, 5) is 11.5. The second-order valence-electron chi connectivity index (χ2n) is 3.80. The molecule has 1 heterocycles. The zero-order valence-electron chi connectivity index (χ0n) is 7.55. The van der Waals surface area contributed by atoms with Gasteiger partial charge in [0.15, 0.2) is 0 Å². The molecule has 0 aromatic rings. The third-order valence-electron chi connectivity index (χ3n) is 2.45. The molecular weight excluding hydrogens is 138 g/mol. The van der Waals surface area contributed by atoms with Crippen molar-refractivity contribution in [1.82, 2.24) is 5.32 Å². The van der Waals surface area contributed by atoms with Gasteiger partial charge >= 0.3 is 0 Å². The number of carbonyl (C=O) groups excluding carboxylic acids is 1. The molecule has 0 amide bonds. The Bertz CT molecular complexity index is 154. The Morgan fingerprint density at radius 2 is 2.09 bits per heavy atom. The van der Waals surface area contributed by atoms with Gasteiger partial charge in [-0.05, 0) is 12.5 Å². The Kier molecular flexibility index (Phi) is 2.66. The smallest absolute Gasteiger partial charge is 0.140 e. The highest BCUT2D eigenvalue weighted by Gasteiger charge is 2.30. The van der Waals surface area contributed by atoms with E-state index in [0.717, 1.165) is 13.1 Å². The standard InChI is InChI=1S/C9H17NO/c1-6(2)9(11)8-5-10-4-7(8)3/h6-8,10H,4-5H2,1-3H3. The van der Waals surface area contributed by atoms with Crippen LogP contribution in [0.15, 0.2) is 0 Å². The topological polar surface area (TPSA) is 29.1 Å². The van der Waals surface area contributed by atoms with E-state index in [1.807, 2.05) is 13.8 Å². The van der Waals surface area contributed by atoms with Crippen molar-refractivity contribution in [3.8, 4) is 0 Å². The van der Waals surface area contributed by atoms with Crippen LogP contribution in [0.2, 0.25) is 0 Å². The van der Waals surface area contributed by atoms with Crippen LogP contribution in [0.4, 0.5) is 0 Å². The van der Waals surface area contributed by atoms with Gasteiger partial charge in [0, 0.05) is 18.4 Å². The van der Waals surface area contributed by atoms with Crippen LogP contribution in [0.25, 0.3) is 0 Å². The summed E-state index contributed by atoms with van der Waals surface area (Å²) in [5.41, 5.74) is 0. The van der Waals surface area contributed by atoms with Crippen LogP contribution in [0.3, 0.4) is 0 Å². The van der Waals surface area contributed by atoms with Crippen LogP contribution in [0.5, 0.6) is 0 Å². The number of rotatable bonds is 2. The Morgan fingerprint density at radius 3 is 2.45 bits per heavy atom. The summed E-state index contributed by atoms with van der Waals surface area (Å²) in [5.74, 6) is 1.42. The largest absolute Gasteiger partial charge is 0.316 e. The fourth-order valence-electron chi connectivity index (χ4n) is 1.62. The van der Waals surface area contributed by atoms with Crippen molar-refractivity contribution in [2.45, 2.75) is 20.8 Å². The Morgan fingerprint density at radius 1 is 1.45 bits per heavy atom. The summed E-state index contributed by atoms with van der Waals surface area (Å²) >= 11 is 0. The van der Waals surface area contributed by atoms with Gasteiger partial charge < -0.3 is 5.32 Å². The molecule has 2 heteroatoms. The average Bonchev–Trinajstić information content (AvgIpc) is 2.33. The Labute approximate surface area is 68.4 Å². The van der Waals surface area contributed by atoms with E-state index in [4.69, 9.17) is 0 Å². The summed E-state index contributed by atoms with van der Waals surface area (Å²) in [6, 6.07) is 0. The maximum absolute atomic E-state index is 11.5. The van der Waals surface area contributed by atoms with E-state index >= 15 is 0 Å². The summed E-state index contributed by atoms with van der Waals surface area (Å²) in [7, 11) is 0. The van der Waals surface area contributed by atoms with Crippen LogP contribution >= 0.6 is 0 Å². The number of carbonyl (C=O) groups is 1. The van der Waals surface area contributed by atoms with Gasteiger partial charge in [-0.3, -0.25) is 4.79 Å².